The molecular formula is C12H16FNO2. The second-order valence-corrected chi connectivity index (χ2v) is 3.69. The molecule has 1 rings (SSSR count). The standard InChI is InChI=1S/C12H16FNO2/c1-14(7-6-12(15)16-2)9-10-4-3-5-11(13)8-10/h3-5,8H,6-7,9H2,1-2H3. The second-order valence-electron chi connectivity index (χ2n) is 3.69. The Labute approximate surface area is 94.8 Å². The molecule has 0 fully saturated rings. The normalized spacial score (nSPS) is 10.5. The van der Waals surface area contributed by atoms with Crippen LogP contribution < -0.4 is 0 Å². The summed E-state index contributed by atoms with van der Waals surface area (Å²) in [5.41, 5.74) is 0.896. The molecule has 0 heterocycles. The third-order valence-corrected chi connectivity index (χ3v) is 2.27. The summed E-state index contributed by atoms with van der Waals surface area (Å²) in [7, 11) is 3.25. The SMILES string of the molecule is COC(=O)CCN(C)Cc1cccc(F)c1. The highest BCUT2D eigenvalue weighted by Crippen LogP contribution is 2.06. The van der Waals surface area contributed by atoms with E-state index in [9.17, 15) is 9.18 Å². The lowest BCUT2D eigenvalue weighted by Gasteiger charge is -2.15. The van der Waals surface area contributed by atoms with Gasteiger partial charge in [-0.05, 0) is 24.7 Å². The molecule has 0 radical (unpaired) electrons. The number of halogens is 1. The minimum atomic E-state index is -0.237. The number of methoxy groups -OCH3 is 1. The highest BCUT2D eigenvalue weighted by molar-refractivity contribution is 5.69. The molecule has 3 nitrogen and oxygen atoms in total. The molecular weight excluding hydrogens is 209 g/mol. The van der Waals surface area contributed by atoms with Crippen molar-refractivity contribution in [3.05, 3.63) is 35.6 Å². The number of carbonyl (C=O) groups is 1. The average molecular weight is 225 g/mol. The van der Waals surface area contributed by atoms with Crippen molar-refractivity contribution in [2.45, 2.75) is 13.0 Å². The molecule has 0 bridgehead atoms. The number of carbonyl (C=O) groups excluding carboxylic acids is 1. The average Bonchev–Trinajstić information content (AvgIpc) is 2.26. The first-order valence-electron chi connectivity index (χ1n) is 5.11. The fourth-order valence-corrected chi connectivity index (χ4v) is 1.41. The molecule has 1 aromatic carbocycles. The third-order valence-electron chi connectivity index (χ3n) is 2.27. The number of ether oxygens (including phenoxy) is 1. The maximum Gasteiger partial charge on any atom is 0.306 e. The van der Waals surface area contributed by atoms with E-state index in [1.807, 2.05) is 18.0 Å². The van der Waals surface area contributed by atoms with Crippen LogP contribution in [0.3, 0.4) is 0 Å². The van der Waals surface area contributed by atoms with Gasteiger partial charge in [-0.25, -0.2) is 4.39 Å². The van der Waals surface area contributed by atoms with Gasteiger partial charge in [-0.1, -0.05) is 12.1 Å². The lowest BCUT2D eigenvalue weighted by molar-refractivity contribution is -0.140. The van der Waals surface area contributed by atoms with Crippen LogP contribution in [0.15, 0.2) is 24.3 Å². The van der Waals surface area contributed by atoms with Crippen molar-refractivity contribution in [2.75, 3.05) is 20.7 Å². The van der Waals surface area contributed by atoms with E-state index in [2.05, 4.69) is 4.74 Å². The lowest BCUT2D eigenvalue weighted by atomic mass is 10.2. The first kappa shape index (κ1) is 12.6. The van der Waals surface area contributed by atoms with Crippen LogP contribution in [-0.2, 0) is 16.1 Å². The summed E-state index contributed by atoms with van der Waals surface area (Å²) >= 11 is 0. The van der Waals surface area contributed by atoms with Crippen LogP contribution in [0.25, 0.3) is 0 Å². The monoisotopic (exact) mass is 225 g/mol. The third kappa shape index (κ3) is 4.40. The highest BCUT2D eigenvalue weighted by Gasteiger charge is 2.05. The van der Waals surface area contributed by atoms with Crippen molar-refractivity contribution in [2.24, 2.45) is 0 Å². The summed E-state index contributed by atoms with van der Waals surface area (Å²) in [5, 5.41) is 0. The molecule has 0 atom stereocenters. The zero-order valence-corrected chi connectivity index (χ0v) is 9.57. The van der Waals surface area contributed by atoms with Gasteiger partial charge in [0.05, 0.1) is 13.5 Å². The van der Waals surface area contributed by atoms with Gasteiger partial charge in [0.15, 0.2) is 0 Å². The molecule has 1 aromatic rings. The molecule has 0 aliphatic heterocycles. The Morgan fingerprint density at radius 3 is 2.88 bits per heavy atom. The summed E-state index contributed by atoms with van der Waals surface area (Å²) < 4.78 is 17.4. The van der Waals surface area contributed by atoms with E-state index in [4.69, 9.17) is 0 Å². The molecule has 0 saturated heterocycles. The van der Waals surface area contributed by atoms with Crippen LogP contribution in [0.1, 0.15) is 12.0 Å². The highest BCUT2D eigenvalue weighted by atomic mass is 19.1. The number of benzene rings is 1. The largest absolute Gasteiger partial charge is 0.469 e. The van der Waals surface area contributed by atoms with Crippen molar-refractivity contribution in [1.82, 2.24) is 4.90 Å². The molecule has 0 saturated carbocycles. The first-order chi connectivity index (χ1) is 7.61. The minimum absolute atomic E-state index is 0.230. The van der Waals surface area contributed by atoms with Gasteiger partial charge in [0, 0.05) is 13.1 Å². The predicted octanol–water partition coefficient (Wildman–Crippen LogP) is 1.82. The smallest absolute Gasteiger partial charge is 0.306 e. The van der Waals surface area contributed by atoms with Gasteiger partial charge < -0.3 is 9.64 Å². The van der Waals surface area contributed by atoms with Gasteiger partial charge in [-0.2, -0.15) is 0 Å². The maximum absolute atomic E-state index is 12.9. The molecule has 0 spiro atoms. The Morgan fingerprint density at radius 2 is 2.25 bits per heavy atom. The van der Waals surface area contributed by atoms with E-state index >= 15 is 0 Å². The summed E-state index contributed by atoms with van der Waals surface area (Å²) in [5.74, 6) is -0.468. The Hall–Kier alpha value is -1.42. The van der Waals surface area contributed by atoms with Crippen LogP contribution in [0.5, 0.6) is 0 Å². The van der Waals surface area contributed by atoms with Gasteiger partial charge >= 0.3 is 5.97 Å². The van der Waals surface area contributed by atoms with Crippen LogP contribution in [0.2, 0.25) is 0 Å². The zero-order chi connectivity index (χ0) is 12.0. The molecule has 0 N–H and O–H groups in total. The number of nitrogens with zero attached hydrogens (tertiary/aromatic N) is 1. The summed E-state index contributed by atoms with van der Waals surface area (Å²) in [6, 6.07) is 6.45. The fraction of sp³-hybridized carbons (Fsp3) is 0.417. The molecule has 0 aliphatic carbocycles. The predicted molar refractivity (Wildman–Crippen MR) is 59.4 cm³/mol. The molecule has 0 amide bonds. The second kappa shape index (κ2) is 6.23. The van der Waals surface area contributed by atoms with Crippen molar-refractivity contribution >= 4 is 5.97 Å². The Bertz CT molecular complexity index is 355. The lowest BCUT2D eigenvalue weighted by Crippen LogP contribution is -2.21. The fourth-order valence-electron chi connectivity index (χ4n) is 1.41. The van der Waals surface area contributed by atoms with E-state index in [1.54, 1.807) is 6.07 Å². The van der Waals surface area contributed by atoms with E-state index in [1.165, 1.54) is 19.2 Å². The quantitative estimate of drug-likeness (QED) is 0.716. The summed E-state index contributed by atoms with van der Waals surface area (Å²) in [4.78, 5) is 12.9. The van der Waals surface area contributed by atoms with Gasteiger partial charge in [0.1, 0.15) is 5.82 Å². The van der Waals surface area contributed by atoms with E-state index in [0.29, 0.717) is 19.5 Å². The van der Waals surface area contributed by atoms with Crippen LogP contribution in [-0.4, -0.2) is 31.6 Å². The molecule has 0 aromatic heterocycles. The first-order valence-corrected chi connectivity index (χ1v) is 5.11. The summed E-state index contributed by atoms with van der Waals surface area (Å²) in [6.45, 7) is 1.22. The van der Waals surface area contributed by atoms with Crippen molar-refractivity contribution in [1.29, 1.82) is 0 Å². The Kier molecular flexibility index (Phi) is 4.92. The van der Waals surface area contributed by atoms with Gasteiger partial charge in [-0.15, -0.1) is 0 Å². The van der Waals surface area contributed by atoms with Gasteiger partial charge in [0.25, 0.3) is 0 Å². The van der Waals surface area contributed by atoms with E-state index in [-0.39, 0.29) is 11.8 Å². The number of rotatable bonds is 5. The van der Waals surface area contributed by atoms with Gasteiger partial charge in [-0.3, -0.25) is 4.79 Å². The Balaban J connectivity index is 2.39. The number of hydrogen-bond donors (Lipinski definition) is 0. The van der Waals surface area contributed by atoms with Crippen molar-refractivity contribution < 1.29 is 13.9 Å². The molecule has 16 heavy (non-hydrogen) atoms. The molecule has 88 valence electrons. The molecule has 0 aliphatic rings. The number of hydrogen-bond acceptors (Lipinski definition) is 3. The zero-order valence-electron chi connectivity index (χ0n) is 9.57. The topological polar surface area (TPSA) is 29.5 Å². The van der Waals surface area contributed by atoms with E-state index < -0.39 is 0 Å². The van der Waals surface area contributed by atoms with Crippen molar-refractivity contribution in [3.63, 3.8) is 0 Å². The molecule has 4 heteroatoms. The molecule has 0 unspecified atom stereocenters. The number of esters is 1. The van der Waals surface area contributed by atoms with Crippen LogP contribution in [0.4, 0.5) is 4.39 Å². The maximum atomic E-state index is 12.9. The summed E-state index contributed by atoms with van der Waals surface area (Å²) in [6.07, 6.45) is 0.350. The minimum Gasteiger partial charge on any atom is -0.469 e. The van der Waals surface area contributed by atoms with Crippen LogP contribution in [0, 0.1) is 5.82 Å². The Morgan fingerprint density at radius 1 is 1.50 bits per heavy atom. The van der Waals surface area contributed by atoms with Crippen molar-refractivity contribution in [3.8, 4) is 0 Å². The van der Waals surface area contributed by atoms with E-state index in [0.717, 1.165) is 5.56 Å². The van der Waals surface area contributed by atoms with Gasteiger partial charge in [0.2, 0.25) is 0 Å². The van der Waals surface area contributed by atoms with Crippen LogP contribution >= 0.6 is 0 Å².